The number of fused-ring (bicyclic) bond motifs is 2. The highest BCUT2D eigenvalue weighted by molar-refractivity contribution is 5.72. The molecule has 1 saturated heterocycles. The number of nitrogens with zero attached hydrogens (tertiary/aromatic N) is 1. The minimum atomic E-state index is -0.538. The molecule has 0 amide bonds. The molecule has 1 N–H and O–H groups in total. The molecule has 2 aliphatic heterocycles. The minimum absolute atomic E-state index is 0.199. The first-order valence-corrected chi connectivity index (χ1v) is 6.28. The standard InChI is InChI=1S/C13H16F2N2O/c1-2-17-11-4-9(14)3-10(15)13(11)16-5-8-6-18-7-12(8)17/h3-4,8,12,16H,2,5-7H2,1H3. The van der Waals surface area contributed by atoms with Crippen molar-refractivity contribution in [2.75, 3.05) is 36.5 Å². The van der Waals surface area contributed by atoms with Crippen molar-refractivity contribution in [1.29, 1.82) is 0 Å². The first kappa shape index (κ1) is 11.7. The van der Waals surface area contributed by atoms with Gasteiger partial charge in [-0.2, -0.15) is 0 Å². The fourth-order valence-corrected chi connectivity index (χ4v) is 2.90. The highest BCUT2D eigenvalue weighted by atomic mass is 19.1. The SMILES string of the molecule is CCN1c2cc(F)cc(F)c2NCC2COCC21. The Hall–Kier alpha value is -1.36. The van der Waals surface area contributed by atoms with E-state index in [1.807, 2.05) is 11.8 Å². The zero-order valence-corrected chi connectivity index (χ0v) is 10.2. The van der Waals surface area contributed by atoms with E-state index >= 15 is 0 Å². The Labute approximate surface area is 105 Å². The normalized spacial score (nSPS) is 26.3. The Balaban J connectivity index is 2.09. The molecule has 18 heavy (non-hydrogen) atoms. The molecule has 0 spiro atoms. The zero-order chi connectivity index (χ0) is 12.7. The van der Waals surface area contributed by atoms with Crippen molar-refractivity contribution in [3.05, 3.63) is 23.8 Å². The van der Waals surface area contributed by atoms with Gasteiger partial charge in [0.15, 0.2) is 5.82 Å². The van der Waals surface area contributed by atoms with Crippen LogP contribution in [0, 0.1) is 17.6 Å². The van der Waals surface area contributed by atoms with Crippen molar-refractivity contribution in [1.82, 2.24) is 0 Å². The summed E-state index contributed by atoms with van der Waals surface area (Å²) >= 11 is 0. The van der Waals surface area contributed by atoms with Crippen LogP contribution in [0.3, 0.4) is 0 Å². The van der Waals surface area contributed by atoms with Gasteiger partial charge in [-0.05, 0) is 13.0 Å². The second-order valence-electron chi connectivity index (χ2n) is 4.81. The van der Waals surface area contributed by atoms with Crippen LogP contribution in [-0.4, -0.2) is 32.3 Å². The fraction of sp³-hybridized carbons (Fsp3) is 0.538. The van der Waals surface area contributed by atoms with Gasteiger partial charge >= 0.3 is 0 Å². The molecule has 3 nitrogen and oxygen atoms in total. The van der Waals surface area contributed by atoms with Crippen LogP contribution in [0.15, 0.2) is 12.1 Å². The smallest absolute Gasteiger partial charge is 0.151 e. The lowest BCUT2D eigenvalue weighted by atomic mass is 10.0. The number of nitrogens with one attached hydrogen (secondary N) is 1. The molecule has 0 aliphatic carbocycles. The van der Waals surface area contributed by atoms with Gasteiger partial charge in [-0.25, -0.2) is 8.78 Å². The van der Waals surface area contributed by atoms with E-state index in [4.69, 9.17) is 4.74 Å². The van der Waals surface area contributed by atoms with Crippen molar-refractivity contribution in [2.24, 2.45) is 5.92 Å². The van der Waals surface area contributed by atoms with Crippen molar-refractivity contribution < 1.29 is 13.5 Å². The maximum Gasteiger partial charge on any atom is 0.151 e. The summed E-state index contributed by atoms with van der Waals surface area (Å²) in [5.41, 5.74) is 1.01. The second-order valence-corrected chi connectivity index (χ2v) is 4.81. The third-order valence-electron chi connectivity index (χ3n) is 3.79. The highest BCUT2D eigenvalue weighted by Gasteiger charge is 2.36. The number of hydrogen-bond donors (Lipinski definition) is 1. The molecule has 2 aliphatic rings. The Morgan fingerprint density at radius 2 is 2.22 bits per heavy atom. The molecular weight excluding hydrogens is 238 g/mol. The van der Waals surface area contributed by atoms with Crippen LogP contribution in [0.2, 0.25) is 0 Å². The Morgan fingerprint density at radius 1 is 1.39 bits per heavy atom. The van der Waals surface area contributed by atoms with Crippen molar-refractivity contribution in [3.8, 4) is 0 Å². The van der Waals surface area contributed by atoms with Gasteiger partial charge in [-0.3, -0.25) is 0 Å². The van der Waals surface area contributed by atoms with Gasteiger partial charge in [-0.15, -0.1) is 0 Å². The summed E-state index contributed by atoms with van der Waals surface area (Å²) in [6.45, 7) is 4.66. The summed E-state index contributed by atoms with van der Waals surface area (Å²) in [5, 5.41) is 3.09. The molecule has 0 radical (unpaired) electrons. The van der Waals surface area contributed by atoms with Crippen molar-refractivity contribution in [3.63, 3.8) is 0 Å². The van der Waals surface area contributed by atoms with Crippen LogP contribution >= 0.6 is 0 Å². The summed E-state index contributed by atoms with van der Waals surface area (Å²) < 4.78 is 32.7. The van der Waals surface area contributed by atoms with Crippen LogP contribution in [-0.2, 0) is 4.74 Å². The van der Waals surface area contributed by atoms with E-state index in [-0.39, 0.29) is 6.04 Å². The number of benzene rings is 1. The van der Waals surface area contributed by atoms with Gasteiger partial charge in [0.1, 0.15) is 5.82 Å². The number of rotatable bonds is 1. The molecular formula is C13H16F2N2O. The van der Waals surface area contributed by atoms with Crippen LogP contribution in [0.1, 0.15) is 6.92 Å². The summed E-state index contributed by atoms with van der Waals surface area (Å²) in [4.78, 5) is 2.04. The third-order valence-corrected chi connectivity index (χ3v) is 3.79. The largest absolute Gasteiger partial charge is 0.381 e. The summed E-state index contributed by atoms with van der Waals surface area (Å²) in [7, 11) is 0. The molecule has 0 saturated carbocycles. The molecule has 1 aromatic carbocycles. The molecule has 1 aromatic rings. The molecule has 98 valence electrons. The van der Waals surface area contributed by atoms with Gasteiger partial charge in [0, 0.05) is 25.1 Å². The third kappa shape index (κ3) is 1.73. The maximum atomic E-state index is 13.8. The first-order chi connectivity index (χ1) is 8.70. The number of halogens is 2. The Bertz CT molecular complexity index is 467. The van der Waals surface area contributed by atoms with E-state index in [0.717, 1.165) is 6.07 Å². The molecule has 0 aromatic heterocycles. The van der Waals surface area contributed by atoms with Gasteiger partial charge in [0.25, 0.3) is 0 Å². The summed E-state index contributed by atoms with van der Waals surface area (Å²) in [6.07, 6.45) is 0. The van der Waals surface area contributed by atoms with Gasteiger partial charge < -0.3 is 15.0 Å². The van der Waals surface area contributed by atoms with Gasteiger partial charge in [0.2, 0.25) is 0 Å². The fourth-order valence-electron chi connectivity index (χ4n) is 2.90. The molecule has 2 heterocycles. The van der Waals surface area contributed by atoms with Crippen LogP contribution < -0.4 is 10.2 Å². The van der Waals surface area contributed by atoms with E-state index < -0.39 is 11.6 Å². The summed E-state index contributed by atoms with van der Waals surface area (Å²) in [6, 6.07) is 2.53. The number of likely N-dealkylation sites (N-methyl/N-ethyl adjacent to an activating group) is 1. The predicted molar refractivity (Wildman–Crippen MR) is 66.0 cm³/mol. The van der Waals surface area contributed by atoms with E-state index in [1.54, 1.807) is 0 Å². The van der Waals surface area contributed by atoms with Crippen LogP contribution in [0.25, 0.3) is 0 Å². The number of anilines is 2. The van der Waals surface area contributed by atoms with E-state index in [9.17, 15) is 8.78 Å². The predicted octanol–water partition coefficient (Wildman–Crippen LogP) is 2.23. The molecule has 2 unspecified atom stereocenters. The lowest BCUT2D eigenvalue weighted by molar-refractivity contribution is 0.185. The monoisotopic (exact) mass is 254 g/mol. The van der Waals surface area contributed by atoms with Gasteiger partial charge in [0.05, 0.1) is 30.6 Å². The quantitative estimate of drug-likeness (QED) is 0.831. The number of hydrogen-bond acceptors (Lipinski definition) is 3. The molecule has 2 atom stereocenters. The molecule has 5 heteroatoms. The molecule has 0 bridgehead atoms. The summed E-state index contributed by atoms with van der Waals surface area (Å²) in [5.74, 6) is -0.743. The van der Waals surface area contributed by atoms with Crippen LogP contribution in [0.5, 0.6) is 0 Å². The van der Waals surface area contributed by atoms with E-state index in [1.165, 1.54) is 6.07 Å². The van der Waals surface area contributed by atoms with E-state index in [2.05, 4.69) is 5.32 Å². The highest BCUT2D eigenvalue weighted by Crippen LogP contribution is 2.37. The molecule has 3 rings (SSSR count). The number of ether oxygens (including phenoxy) is 1. The first-order valence-electron chi connectivity index (χ1n) is 6.28. The molecule has 1 fully saturated rings. The average Bonchev–Trinajstić information content (AvgIpc) is 2.72. The Morgan fingerprint density at radius 3 is 3.00 bits per heavy atom. The Kier molecular flexibility index (Phi) is 2.86. The van der Waals surface area contributed by atoms with E-state index in [0.29, 0.717) is 43.6 Å². The maximum absolute atomic E-state index is 13.8. The topological polar surface area (TPSA) is 24.5 Å². The second kappa shape index (κ2) is 4.39. The van der Waals surface area contributed by atoms with Gasteiger partial charge in [-0.1, -0.05) is 0 Å². The van der Waals surface area contributed by atoms with Crippen molar-refractivity contribution in [2.45, 2.75) is 13.0 Å². The average molecular weight is 254 g/mol. The lowest BCUT2D eigenvalue weighted by Crippen LogP contribution is -2.40. The zero-order valence-electron chi connectivity index (χ0n) is 10.2. The van der Waals surface area contributed by atoms with Crippen LogP contribution in [0.4, 0.5) is 20.2 Å². The minimum Gasteiger partial charge on any atom is -0.381 e. The lowest BCUT2D eigenvalue weighted by Gasteiger charge is -2.30. The van der Waals surface area contributed by atoms with Crippen molar-refractivity contribution >= 4 is 11.4 Å².